The third kappa shape index (κ3) is 4.07. The quantitative estimate of drug-likeness (QED) is 0.801. The Hall–Kier alpha value is -0.860. The molecule has 0 saturated heterocycles. The zero-order chi connectivity index (χ0) is 15.3. The van der Waals surface area contributed by atoms with Gasteiger partial charge < -0.3 is 10.1 Å². The number of rotatable bonds is 7. The lowest BCUT2D eigenvalue weighted by atomic mass is 9.88. The van der Waals surface area contributed by atoms with Gasteiger partial charge in [-0.1, -0.05) is 32.9 Å². The molecule has 0 aliphatic rings. The maximum Gasteiger partial charge on any atom is 0.0792 e. The molecule has 0 aliphatic heterocycles. The van der Waals surface area contributed by atoms with Crippen LogP contribution in [-0.4, -0.2) is 19.3 Å². The molecule has 2 heteroatoms. The van der Waals surface area contributed by atoms with Gasteiger partial charge in [0.25, 0.3) is 0 Å². The molecule has 2 atom stereocenters. The van der Waals surface area contributed by atoms with Crippen LogP contribution in [-0.2, 0) is 4.74 Å². The number of hydrogen-bond acceptors (Lipinski definition) is 2. The third-order valence-corrected chi connectivity index (χ3v) is 3.99. The summed E-state index contributed by atoms with van der Waals surface area (Å²) in [6, 6.07) is 4.88. The lowest BCUT2D eigenvalue weighted by Crippen LogP contribution is -2.37. The molecular weight excluding hydrogens is 246 g/mol. The zero-order valence-corrected chi connectivity index (χ0v) is 14.2. The fraction of sp³-hybridized carbons (Fsp3) is 0.667. The van der Waals surface area contributed by atoms with Crippen molar-refractivity contribution in [3.63, 3.8) is 0 Å². The zero-order valence-electron chi connectivity index (χ0n) is 14.2. The molecule has 0 radical (unpaired) electrons. The van der Waals surface area contributed by atoms with Crippen LogP contribution in [0.15, 0.2) is 12.1 Å². The Labute approximate surface area is 124 Å². The lowest BCUT2D eigenvalue weighted by molar-refractivity contribution is 0.00302. The monoisotopic (exact) mass is 277 g/mol. The molecule has 1 aromatic carbocycles. The largest absolute Gasteiger partial charge is 0.376 e. The average molecular weight is 277 g/mol. The molecule has 2 unspecified atom stereocenters. The van der Waals surface area contributed by atoms with Crippen LogP contribution >= 0.6 is 0 Å². The van der Waals surface area contributed by atoms with Crippen LogP contribution in [0, 0.1) is 26.7 Å². The molecule has 0 spiro atoms. The number of aryl methyl sites for hydroxylation is 3. The van der Waals surface area contributed by atoms with Crippen molar-refractivity contribution in [2.75, 3.05) is 13.2 Å². The molecule has 114 valence electrons. The van der Waals surface area contributed by atoms with Gasteiger partial charge in [-0.05, 0) is 62.4 Å². The van der Waals surface area contributed by atoms with E-state index >= 15 is 0 Å². The third-order valence-electron chi connectivity index (χ3n) is 3.99. The molecule has 0 heterocycles. The smallest absolute Gasteiger partial charge is 0.0792 e. The second-order valence-corrected chi connectivity index (χ2v) is 5.99. The summed E-state index contributed by atoms with van der Waals surface area (Å²) in [7, 11) is 0. The van der Waals surface area contributed by atoms with E-state index in [0.29, 0.717) is 5.92 Å². The number of benzene rings is 1. The second-order valence-electron chi connectivity index (χ2n) is 5.99. The Bertz CT molecular complexity index is 426. The van der Waals surface area contributed by atoms with Gasteiger partial charge in [-0.15, -0.1) is 0 Å². The molecule has 0 aliphatic carbocycles. The van der Waals surface area contributed by atoms with Crippen LogP contribution in [0.25, 0.3) is 0 Å². The van der Waals surface area contributed by atoms with Crippen molar-refractivity contribution < 1.29 is 4.74 Å². The Balaban J connectivity index is 3.21. The Kier molecular flexibility index (Phi) is 6.70. The first-order chi connectivity index (χ1) is 9.42. The molecule has 1 aromatic rings. The van der Waals surface area contributed by atoms with Crippen molar-refractivity contribution >= 4 is 0 Å². The molecular formula is C18H31NO. The molecule has 0 aromatic heterocycles. The first-order valence-electron chi connectivity index (χ1n) is 7.85. The summed E-state index contributed by atoms with van der Waals surface area (Å²) < 4.78 is 6.04. The molecule has 2 nitrogen and oxygen atoms in total. The predicted octanol–water partition coefficient (Wildman–Crippen LogP) is 4.32. The minimum atomic E-state index is 0.209. The fourth-order valence-corrected chi connectivity index (χ4v) is 2.81. The van der Waals surface area contributed by atoms with E-state index in [1.54, 1.807) is 0 Å². The fourth-order valence-electron chi connectivity index (χ4n) is 2.81. The van der Waals surface area contributed by atoms with E-state index in [9.17, 15) is 0 Å². The van der Waals surface area contributed by atoms with E-state index in [4.69, 9.17) is 4.74 Å². The van der Waals surface area contributed by atoms with Crippen molar-refractivity contribution in [3.05, 3.63) is 34.4 Å². The highest BCUT2D eigenvalue weighted by Gasteiger charge is 2.27. The van der Waals surface area contributed by atoms with Crippen molar-refractivity contribution in [2.45, 2.75) is 60.6 Å². The van der Waals surface area contributed by atoms with E-state index < -0.39 is 0 Å². The van der Waals surface area contributed by atoms with E-state index in [0.717, 1.165) is 13.2 Å². The SMILES string of the molecule is CCNC(c1cc(C)c(C)cc1C)C(OCC)C(C)C. The molecule has 1 N–H and O–H groups in total. The molecule has 20 heavy (non-hydrogen) atoms. The summed E-state index contributed by atoms with van der Waals surface area (Å²) in [5, 5.41) is 3.63. The minimum absolute atomic E-state index is 0.209. The van der Waals surface area contributed by atoms with Crippen molar-refractivity contribution in [1.82, 2.24) is 5.32 Å². The van der Waals surface area contributed by atoms with E-state index in [-0.39, 0.29) is 12.1 Å². The average Bonchev–Trinajstić information content (AvgIpc) is 2.38. The van der Waals surface area contributed by atoms with E-state index in [1.807, 2.05) is 0 Å². The predicted molar refractivity (Wildman–Crippen MR) is 87.3 cm³/mol. The summed E-state index contributed by atoms with van der Waals surface area (Å²) in [5.74, 6) is 0.486. The highest BCUT2D eigenvalue weighted by molar-refractivity contribution is 5.38. The number of likely N-dealkylation sites (N-methyl/N-ethyl adjacent to an activating group) is 1. The van der Waals surface area contributed by atoms with Gasteiger partial charge >= 0.3 is 0 Å². The highest BCUT2D eigenvalue weighted by Crippen LogP contribution is 2.29. The molecule has 0 amide bonds. The first-order valence-corrected chi connectivity index (χ1v) is 7.85. The van der Waals surface area contributed by atoms with Gasteiger partial charge in [0, 0.05) is 6.61 Å². The van der Waals surface area contributed by atoms with E-state index in [2.05, 4.69) is 65.9 Å². The summed E-state index contributed by atoms with van der Waals surface area (Å²) >= 11 is 0. The van der Waals surface area contributed by atoms with Gasteiger partial charge in [0.2, 0.25) is 0 Å². The summed E-state index contributed by atoms with van der Waals surface area (Å²) in [6.07, 6.45) is 0.209. The first kappa shape index (κ1) is 17.2. The number of hydrogen-bond donors (Lipinski definition) is 1. The Morgan fingerprint density at radius 3 is 2.10 bits per heavy atom. The van der Waals surface area contributed by atoms with Gasteiger partial charge in [0.1, 0.15) is 0 Å². The van der Waals surface area contributed by atoms with Crippen LogP contribution in [0.2, 0.25) is 0 Å². The maximum atomic E-state index is 6.04. The van der Waals surface area contributed by atoms with E-state index in [1.165, 1.54) is 22.3 Å². The van der Waals surface area contributed by atoms with Crippen LogP contribution in [0.5, 0.6) is 0 Å². The standard InChI is InChI=1S/C18H31NO/c1-8-19-17(18(12(3)4)20-9-2)16-11-14(6)13(5)10-15(16)7/h10-12,17-19H,8-9H2,1-7H3. The molecule has 0 bridgehead atoms. The molecule has 0 fully saturated rings. The van der Waals surface area contributed by atoms with Crippen LogP contribution in [0.4, 0.5) is 0 Å². The van der Waals surface area contributed by atoms with Gasteiger partial charge in [-0.25, -0.2) is 0 Å². The minimum Gasteiger partial charge on any atom is -0.376 e. The van der Waals surface area contributed by atoms with Gasteiger partial charge in [0.15, 0.2) is 0 Å². The van der Waals surface area contributed by atoms with Crippen molar-refractivity contribution in [2.24, 2.45) is 5.92 Å². The van der Waals surface area contributed by atoms with Gasteiger partial charge in [-0.2, -0.15) is 0 Å². The Morgan fingerprint density at radius 1 is 1.00 bits per heavy atom. The lowest BCUT2D eigenvalue weighted by Gasteiger charge is -2.32. The molecule has 1 rings (SSSR count). The van der Waals surface area contributed by atoms with Crippen LogP contribution < -0.4 is 5.32 Å². The number of nitrogens with one attached hydrogen (secondary N) is 1. The normalized spacial score (nSPS) is 14.6. The summed E-state index contributed by atoms with van der Waals surface area (Å²) in [4.78, 5) is 0. The maximum absolute atomic E-state index is 6.04. The van der Waals surface area contributed by atoms with Gasteiger partial charge in [0.05, 0.1) is 12.1 Å². The van der Waals surface area contributed by atoms with Gasteiger partial charge in [-0.3, -0.25) is 0 Å². The molecule has 0 saturated carbocycles. The summed E-state index contributed by atoms with van der Waals surface area (Å²) in [5.41, 5.74) is 5.44. The topological polar surface area (TPSA) is 21.3 Å². The van der Waals surface area contributed by atoms with Crippen molar-refractivity contribution in [3.8, 4) is 0 Å². The van der Waals surface area contributed by atoms with Crippen LogP contribution in [0.3, 0.4) is 0 Å². The second kappa shape index (κ2) is 7.80. The summed E-state index contributed by atoms with van der Waals surface area (Å²) in [6.45, 7) is 17.0. The Morgan fingerprint density at radius 2 is 1.60 bits per heavy atom. The number of ether oxygens (including phenoxy) is 1. The highest BCUT2D eigenvalue weighted by atomic mass is 16.5. The van der Waals surface area contributed by atoms with Crippen molar-refractivity contribution in [1.29, 1.82) is 0 Å². The van der Waals surface area contributed by atoms with Crippen LogP contribution in [0.1, 0.15) is 56.0 Å².